The summed E-state index contributed by atoms with van der Waals surface area (Å²) in [7, 11) is -1.48. The Balaban J connectivity index is 2.26. The van der Waals surface area contributed by atoms with Gasteiger partial charge in [0, 0.05) is 26.2 Å². The highest BCUT2D eigenvalue weighted by molar-refractivity contribution is 7.89. The first-order chi connectivity index (χ1) is 9.95. The van der Waals surface area contributed by atoms with Crippen molar-refractivity contribution >= 4 is 16.0 Å². The molecule has 3 N–H and O–H groups in total. The van der Waals surface area contributed by atoms with Crippen molar-refractivity contribution in [2.45, 2.75) is 57.9 Å². The Morgan fingerprint density at radius 2 is 1.90 bits per heavy atom. The van der Waals surface area contributed by atoms with Gasteiger partial charge in [-0.25, -0.2) is 12.7 Å². The number of nitrogens with two attached hydrogens (primary N) is 1. The molecular weight excluding hydrogens is 288 g/mol. The van der Waals surface area contributed by atoms with Crippen LogP contribution in [-0.4, -0.2) is 50.6 Å². The molecule has 1 aliphatic carbocycles. The quantitative estimate of drug-likeness (QED) is 0.320. The summed E-state index contributed by atoms with van der Waals surface area (Å²) in [4.78, 5) is 4.29. The third-order valence-electron chi connectivity index (χ3n) is 3.96. The first-order valence-electron chi connectivity index (χ1n) is 7.96. The standard InChI is InChI=1S/C14H30N4O2S/c1-3-21(19,20)18(2)12-8-11-16-14(15)17-13-9-6-4-5-7-10-13/h13H,3-12H2,1-2H3,(H3,15,16,17). The Morgan fingerprint density at radius 1 is 1.29 bits per heavy atom. The molecule has 0 radical (unpaired) electrons. The van der Waals surface area contributed by atoms with E-state index in [0.29, 0.717) is 31.5 Å². The molecule has 1 saturated carbocycles. The van der Waals surface area contributed by atoms with Crippen molar-refractivity contribution in [2.75, 3.05) is 25.9 Å². The van der Waals surface area contributed by atoms with Crippen molar-refractivity contribution in [3.63, 3.8) is 0 Å². The van der Waals surface area contributed by atoms with Gasteiger partial charge in [0.25, 0.3) is 0 Å². The molecule has 0 spiro atoms. The number of hydrogen-bond acceptors (Lipinski definition) is 3. The SMILES string of the molecule is CCS(=O)(=O)N(C)CCCN=C(N)NC1CCCCCC1. The molecule has 0 unspecified atom stereocenters. The minimum atomic E-state index is -3.09. The number of nitrogens with zero attached hydrogens (tertiary/aromatic N) is 2. The highest BCUT2D eigenvalue weighted by atomic mass is 32.2. The summed E-state index contributed by atoms with van der Waals surface area (Å²) in [5.41, 5.74) is 5.89. The van der Waals surface area contributed by atoms with E-state index in [9.17, 15) is 8.42 Å². The summed E-state index contributed by atoms with van der Waals surface area (Å²) in [5, 5.41) is 3.28. The van der Waals surface area contributed by atoms with Gasteiger partial charge in [-0.2, -0.15) is 0 Å². The fourth-order valence-corrected chi connectivity index (χ4v) is 3.38. The van der Waals surface area contributed by atoms with E-state index in [4.69, 9.17) is 5.73 Å². The van der Waals surface area contributed by atoms with Crippen LogP contribution < -0.4 is 11.1 Å². The monoisotopic (exact) mass is 318 g/mol. The molecule has 1 rings (SSSR count). The lowest BCUT2D eigenvalue weighted by Crippen LogP contribution is -2.40. The van der Waals surface area contributed by atoms with Crippen molar-refractivity contribution in [3.05, 3.63) is 0 Å². The van der Waals surface area contributed by atoms with E-state index in [1.165, 1.54) is 30.0 Å². The number of nitrogens with one attached hydrogen (secondary N) is 1. The van der Waals surface area contributed by atoms with E-state index in [2.05, 4.69) is 10.3 Å². The second-order valence-electron chi connectivity index (χ2n) is 5.68. The molecule has 6 nitrogen and oxygen atoms in total. The molecule has 1 fully saturated rings. The number of sulfonamides is 1. The van der Waals surface area contributed by atoms with Crippen LogP contribution >= 0.6 is 0 Å². The molecule has 124 valence electrons. The number of aliphatic imine (C=N–C) groups is 1. The summed E-state index contributed by atoms with van der Waals surface area (Å²) < 4.78 is 24.5. The fraction of sp³-hybridized carbons (Fsp3) is 0.929. The molecule has 0 aromatic rings. The Hall–Kier alpha value is -0.820. The largest absolute Gasteiger partial charge is 0.370 e. The van der Waals surface area contributed by atoms with E-state index >= 15 is 0 Å². The highest BCUT2D eigenvalue weighted by Crippen LogP contribution is 2.16. The first kappa shape index (κ1) is 18.2. The summed E-state index contributed by atoms with van der Waals surface area (Å²) >= 11 is 0. The first-order valence-corrected chi connectivity index (χ1v) is 9.57. The van der Waals surface area contributed by atoms with Gasteiger partial charge in [0.05, 0.1) is 5.75 Å². The average molecular weight is 318 g/mol. The van der Waals surface area contributed by atoms with Crippen molar-refractivity contribution in [1.29, 1.82) is 0 Å². The maximum absolute atomic E-state index is 11.6. The van der Waals surface area contributed by atoms with Crippen LogP contribution in [0.25, 0.3) is 0 Å². The summed E-state index contributed by atoms with van der Waals surface area (Å²) in [6.07, 6.45) is 8.14. The van der Waals surface area contributed by atoms with Gasteiger partial charge >= 0.3 is 0 Å². The zero-order valence-corrected chi connectivity index (χ0v) is 14.2. The molecule has 0 saturated heterocycles. The van der Waals surface area contributed by atoms with Gasteiger partial charge in [0.15, 0.2) is 5.96 Å². The third kappa shape index (κ3) is 7.13. The molecule has 0 heterocycles. The summed E-state index contributed by atoms with van der Waals surface area (Å²) in [5.74, 6) is 0.626. The van der Waals surface area contributed by atoms with Gasteiger partial charge in [0.1, 0.15) is 0 Å². The average Bonchev–Trinajstić information content (AvgIpc) is 2.71. The van der Waals surface area contributed by atoms with Crippen LogP contribution in [0.1, 0.15) is 51.9 Å². The predicted octanol–water partition coefficient (Wildman–Crippen LogP) is 1.29. The van der Waals surface area contributed by atoms with E-state index in [1.54, 1.807) is 14.0 Å². The lowest BCUT2D eigenvalue weighted by molar-refractivity contribution is 0.464. The van der Waals surface area contributed by atoms with Crippen LogP contribution in [0.2, 0.25) is 0 Å². The molecule has 21 heavy (non-hydrogen) atoms. The van der Waals surface area contributed by atoms with E-state index in [0.717, 1.165) is 12.8 Å². The zero-order valence-electron chi connectivity index (χ0n) is 13.3. The lowest BCUT2D eigenvalue weighted by Gasteiger charge is -2.17. The molecule has 0 atom stereocenters. The van der Waals surface area contributed by atoms with Crippen LogP contribution in [-0.2, 0) is 10.0 Å². The van der Waals surface area contributed by atoms with Gasteiger partial charge in [-0.15, -0.1) is 0 Å². The molecule has 1 aliphatic rings. The van der Waals surface area contributed by atoms with Gasteiger partial charge in [-0.1, -0.05) is 25.7 Å². The lowest BCUT2D eigenvalue weighted by atomic mass is 10.1. The van der Waals surface area contributed by atoms with Gasteiger partial charge < -0.3 is 11.1 Å². The highest BCUT2D eigenvalue weighted by Gasteiger charge is 2.14. The van der Waals surface area contributed by atoms with E-state index in [1.807, 2.05) is 0 Å². The molecule has 0 aromatic carbocycles. The van der Waals surface area contributed by atoms with Gasteiger partial charge in [-0.3, -0.25) is 4.99 Å². The Bertz CT molecular complexity index is 415. The van der Waals surface area contributed by atoms with Gasteiger partial charge in [0.2, 0.25) is 10.0 Å². The topological polar surface area (TPSA) is 87.8 Å². The van der Waals surface area contributed by atoms with Crippen molar-refractivity contribution in [3.8, 4) is 0 Å². The second-order valence-corrected chi connectivity index (χ2v) is 8.04. The van der Waals surface area contributed by atoms with Crippen LogP contribution in [0.15, 0.2) is 4.99 Å². The van der Waals surface area contributed by atoms with Crippen molar-refractivity contribution in [1.82, 2.24) is 9.62 Å². The molecular formula is C14H30N4O2S. The zero-order chi connectivity index (χ0) is 15.7. The van der Waals surface area contributed by atoms with Crippen molar-refractivity contribution in [2.24, 2.45) is 10.7 Å². The van der Waals surface area contributed by atoms with Crippen LogP contribution in [0.4, 0.5) is 0 Å². The number of guanidine groups is 1. The molecule has 0 bridgehead atoms. The maximum Gasteiger partial charge on any atom is 0.213 e. The smallest absolute Gasteiger partial charge is 0.213 e. The fourth-order valence-electron chi connectivity index (χ4n) is 2.53. The normalized spacial score (nSPS) is 18.7. The molecule has 0 amide bonds. The minimum Gasteiger partial charge on any atom is -0.370 e. The maximum atomic E-state index is 11.6. The second kappa shape index (κ2) is 9.25. The molecule has 7 heteroatoms. The summed E-state index contributed by atoms with van der Waals surface area (Å²) in [6, 6.07) is 0.444. The molecule has 0 aliphatic heterocycles. The number of hydrogen-bond donors (Lipinski definition) is 2. The minimum absolute atomic E-state index is 0.137. The number of rotatable bonds is 7. The Labute approximate surface area is 129 Å². The van der Waals surface area contributed by atoms with Gasteiger partial charge in [-0.05, 0) is 26.2 Å². The van der Waals surface area contributed by atoms with E-state index in [-0.39, 0.29) is 5.75 Å². The molecule has 0 aromatic heterocycles. The third-order valence-corrected chi connectivity index (χ3v) is 5.82. The Kier molecular flexibility index (Phi) is 8.03. The van der Waals surface area contributed by atoms with Crippen LogP contribution in [0.5, 0.6) is 0 Å². The van der Waals surface area contributed by atoms with E-state index < -0.39 is 10.0 Å². The Morgan fingerprint density at radius 3 is 2.48 bits per heavy atom. The van der Waals surface area contributed by atoms with Crippen molar-refractivity contribution < 1.29 is 8.42 Å². The van der Waals surface area contributed by atoms with Crippen LogP contribution in [0, 0.1) is 0 Å². The predicted molar refractivity (Wildman–Crippen MR) is 87.8 cm³/mol. The summed E-state index contributed by atoms with van der Waals surface area (Å²) in [6.45, 7) is 2.68. The van der Waals surface area contributed by atoms with Crippen LogP contribution in [0.3, 0.4) is 0 Å².